The van der Waals surface area contributed by atoms with E-state index in [4.69, 9.17) is 4.42 Å². The Hall–Kier alpha value is -3.71. The number of amides is 1. The molecular formula is C24H20N2O4S. The van der Waals surface area contributed by atoms with Crippen LogP contribution in [0.3, 0.4) is 0 Å². The van der Waals surface area contributed by atoms with E-state index in [2.05, 4.69) is 10.3 Å². The van der Waals surface area contributed by atoms with Gasteiger partial charge in [-0.2, -0.15) is 0 Å². The van der Waals surface area contributed by atoms with E-state index in [1.165, 1.54) is 6.39 Å². The van der Waals surface area contributed by atoms with Gasteiger partial charge < -0.3 is 9.73 Å². The van der Waals surface area contributed by atoms with E-state index >= 15 is 0 Å². The van der Waals surface area contributed by atoms with Crippen molar-refractivity contribution in [2.45, 2.75) is 11.5 Å². The lowest BCUT2D eigenvalue weighted by Gasteiger charge is -2.09. The highest BCUT2D eigenvalue weighted by molar-refractivity contribution is 7.89. The van der Waals surface area contributed by atoms with Crippen molar-refractivity contribution in [2.75, 3.05) is 5.32 Å². The molecule has 1 heterocycles. The second-order valence-corrected chi connectivity index (χ2v) is 9.18. The highest BCUT2D eigenvalue weighted by Crippen LogP contribution is 2.20. The molecule has 31 heavy (non-hydrogen) atoms. The highest BCUT2D eigenvalue weighted by Gasteiger charge is 2.14. The van der Waals surface area contributed by atoms with Gasteiger partial charge in [-0.15, -0.1) is 0 Å². The van der Waals surface area contributed by atoms with Crippen LogP contribution in [0.1, 0.15) is 21.5 Å². The average molecular weight is 433 g/mol. The number of oxazole rings is 1. The van der Waals surface area contributed by atoms with E-state index in [0.29, 0.717) is 22.6 Å². The van der Waals surface area contributed by atoms with Crippen LogP contribution >= 0.6 is 0 Å². The van der Waals surface area contributed by atoms with Crippen molar-refractivity contribution in [3.63, 3.8) is 0 Å². The van der Waals surface area contributed by atoms with Crippen molar-refractivity contribution in [1.82, 2.24) is 4.98 Å². The van der Waals surface area contributed by atoms with Gasteiger partial charge in [0.05, 0.1) is 17.7 Å². The van der Waals surface area contributed by atoms with Crippen LogP contribution in [0.15, 0.2) is 95.9 Å². The molecule has 4 rings (SSSR count). The molecule has 1 aromatic heterocycles. The molecule has 0 spiro atoms. The molecule has 7 heteroatoms. The molecule has 3 aromatic carbocycles. The highest BCUT2D eigenvalue weighted by atomic mass is 32.2. The van der Waals surface area contributed by atoms with E-state index in [9.17, 15) is 13.2 Å². The summed E-state index contributed by atoms with van der Waals surface area (Å²) in [6.45, 7) is 0. The van der Waals surface area contributed by atoms with Gasteiger partial charge in [0, 0.05) is 16.8 Å². The molecule has 0 unspecified atom stereocenters. The van der Waals surface area contributed by atoms with Gasteiger partial charge in [0.2, 0.25) is 0 Å². The van der Waals surface area contributed by atoms with E-state index < -0.39 is 9.84 Å². The molecule has 0 aliphatic rings. The maximum Gasteiger partial charge on any atom is 0.255 e. The van der Waals surface area contributed by atoms with Crippen molar-refractivity contribution < 1.29 is 17.6 Å². The normalized spacial score (nSPS) is 11.2. The lowest BCUT2D eigenvalue weighted by Crippen LogP contribution is -2.12. The average Bonchev–Trinajstić information content (AvgIpc) is 3.29. The summed E-state index contributed by atoms with van der Waals surface area (Å²) in [4.78, 5) is 16.5. The first kappa shape index (κ1) is 20.6. The van der Waals surface area contributed by atoms with E-state index in [1.807, 2.05) is 18.2 Å². The summed E-state index contributed by atoms with van der Waals surface area (Å²) in [5, 5.41) is 2.82. The van der Waals surface area contributed by atoms with E-state index in [1.54, 1.807) is 66.9 Å². The summed E-state index contributed by atoms with van der Waals surface area (Å²) in [6, 6.07) is 22.9. The zero-order chi connectivity index (χ0) is 21.7. The predicted molar refractivity (Wildman–Crippen MR) is 119 cm³/mol. The summed E-state index contributed by atoms with van der Waals surface area (Å²) >= 11 is 0. The Balaban J connectivity index is 1.43. The SMILES string of the molecule is O=C(Nc1cccc(CS(=O)(=O)Cc2ccccc2)c1)c1ccc(-c2cnco2)cc1. The van der Waals surface area contributed by atoms with Crippen molar-refractivity contribution in [3.8, 4) is 11.3 Å². The van der Waals surface area contributed by atoms with Crippen LogP contribution < -0.4 is 5.32 Å². The fraction of sp³-hybridized carbons (Fsp3) is 0.0833. The number of anilines is 1. The summed E-state index contributed by atoms with van der Waals surface area (Å²) in [5.41, 5.74) is 3.21. The van der Waals surface area contributed by atoms with Crippen molar-refractivity contribution in [1.29, 1.82) is 0 Å². The molecule has 0 atom stereocenters. The minimum Gasteiger partial charge on any atom is -0.444 e. The monoisotopic (exact) mass is 432 g/mol. The molecule has 6 nitrogen and oxygen atoms in total. The zero-order valence-corrected chi connectivity index (χ0v) is 17.4. The molecule has 0 aliphatic carbocycles. The largest absolute Gasteiger partial charge is 0.444 e. The summed E-state index contributed by atoms with van der Waals surface area (Å²) < 4.78 is 30.4. The van der Waals surface area contributed by atoms with Gasteiger partial charge in [-0.1, -0.05) is 54.6 Å². The third-order valence-electron chi connectivity index (χ3n) is 4.66. The third kappa shape index (κ3) is 5.46. The lowest BCUT2D eigenvalue weighted by molar-refractivity contribution is 0.102. The van der Waals surface area contributed by atoms with Crippen LogP contribution in [0, 0.1) is 0 Å². The molecule has 156 valence electrons. The second kappa shape index (κ2) is 8.97. The number of benzene rings is 3. The zero-order valence-electron chi connectivity index (χ0n) is 16.6. The van der Waals surface area contributed by atoms with Gasteiger partial charge in [-0.3, -0.25) is 4.79 Å². The van der Waals surface area contributed by atoms with Crippen LogP contribution in [0.2, 0.25) is 0 Å². The summed E-state index contributed by atoms with van der Waals surface area (Å²) in [5.74, 6) is 0.212. The Kier molecular flexibility index (Phi) is 5.95. The minimum absolute atomic E-state index is 0.0258. The first-order valence-corrected chi connectivity index (χ1v) is 11.4. The number of rotatable bonds is 7. The molecule has 0 bridgehead atoms. The Labute approximate surface area is 180 Å². The summed E-state index contributed by atoms with van der Waals surface area (Å²) in [7, 11) is -3.34. The topological polar surface area (TPSA) is 89.3 Å². The summed E-state index contributed by atoms with van der Waals surface area (Å²) in [6.07, 6.45) is 2.95. The number of sulfone groups is 1. The Morgan fingerprint density at radius 1 is 0.871 bits per heavy atom. The van der Waals surface area contributed by atoms with Crippen molar-refractivity contribution >= 4 is 21.4 Å². The smallest absolute Gasteiger partial charge is 0.255 e. The standard InChI is InChI=1S/C24H20N2O4S/c27-24(21-11-9-20(10-12-21)23-14-25-17-30-23)26-22-8-4-7-19(13-22)16-31(28,29)15-18-5-2-1-3-6-18/h1-14,17H,15-16H2,(H,26,27). The molecule has 0 saturated heterocycles. The Bertz CT molecular complexity index is 1270. The maximum absolute atomic E-state index is 12.6. The number of hydrogen-bond donors (Lipinski definition) is 1. The first-order valence-electron chi connectivity index (χ1n) is 9.62. The molecule has 4 aromatic rings. The molecule has 0 fully saturated rings. The Morgan fingerprint density at radius 2 is 1.58 bits per heavy atom. The van der Waals surface area contributed by atoms with Crippen LogP contribution in [-0.4, -0.2) is 19.3 Å². The number of nitrogens with zero attached hydrogens (tertiary/aromatic N) is 1. The maximum atomic E-state index is 12.6. The molecule has 0 radical (unpaired) electrons. The molecule has 1 amide bonds. The second-order valence-electron chi connectivity index (χ2n) is 7.12. The number of carbonyl (C=O) groups excluding carboxylic acids is 1. The molecule has 0 saturated carbocycles. The number of nitrogens with one attached hydrogen (secondary N) is 1. The first-order chi connectivity index (χ1) is 15.0. The van der Waals surface area contributed by atoms with Gasteiger partial charge >= 0.3 is 0 Å². The van der Waals surface area contributed by atoms with Crippen LogP contribution in [-0.2, 0) is 21.3 Å². The molecular weight excluding hydrogens is 412 g/mol. The fourth-order valence-corrected chi connectivity index (χ4v) is 4.71. The molecule has 0 aliphatic heterocycles. The third-order valence-corrected chi connectivity index (χ3v) is 6.21. The van der Waals surface area contributed by atoms with Gasteiger partial charge in [0.25, 0.3) is 5.91 Å². The van der Waals surface area contributed by atoms with E-state index in [-0.39, 0.29) is 17.4 Å². The van der Waals surface area contributed by atoms with Crippen LogP contribution in [0.4, 0.5) is 5.69 Å². The minimum atomic E-state index is -3.34. The van der Waals surface area contributed by atoms with Gasteiger partial charge in [0.1, 0.15) is 0 Å². The van der Waals surface area contributed by atoms with Crippen molar-refractivity contribution in [3.05, 3.63) is 108 Å². The lowest BCUT2D eigenvalue weighted by atomic mass is 10.1. The predicted octanol–water partition coefficient (Wildman–Crippen LogP) is 4.71. The quantitative estimate of drug-likeness (QED) is 0.457. The van der Waals surface area contributed by atoms with Gasteiger partial charge in [0.15, 0.2) is 22.0 Å². The fourth-order valence-electron chi connectivity index (χ4n) is 3.22. The number of carbonyl (C=O) groups is 1. The number of aromatic nitrogens is 1. The van der Waals surface area contributed by atoms with Gasteiger partial charge in [-0.05, 0) is 35.4 Å². The van der Waals surface area contributed by atoms with Crippen molar-refractivity contribution in [2.24, 2.45) is 0 Å². The van der Waals surface area contributed by atoms with Crippen LogP contribution in [0.5, 0.6) is 0 Å². The molecule has 1 N–H and O–H groups in total. The Morgan fingerprint density at radius 3 is 2.29 bits per heavy atom. The van der Waals surface area contributed by atoms with Gasteiger partial charge in [-0.25, -0.2) is 13.4 Å². The van der Waals surface area contributed by atoms with E-state index in [0.717, 1.165) is 11.1 Å². The number of hydrogen-bond acceptors (Lipinski definition) is 5. The van der Waals surface area contributed by atoms with Crippen LogP contribution in [0.25, 0.3) is 11.3 Å².